The van der Waals surface area contributed by atoms with Gasteiger partial charge in [0.2, 0.25) is 10.0 Å². The smallest absolute Gasteiger partial charge is 0.305 e. The van der Waals surface area contributed by atoms with Gasteiger partial charge < -0.3 is 15.8 Å². The van der Waals surface area contributed by atoms with Gasteiger partial charge in [0.1, 0.15) is 5.37 Å². The first-order chi connectivity index (χ1) is 13.3. The Balaban J connectivity index is 3.11. The summed E-state index contributed by atoms with van der Waals surface area (Å²) in [6.07, 6.45) is -0.349. The van der Waals surface area contributed by atoms with Crippen molar-refractivity contribution in [1.29, 1.82) is 0 Å². The largest absolute Gasteiger partial charge is 0.466 e. The van der Waals surface area contributed by atoms with E-state index in [0.717, 1.165) is 4.31 Å². The molecule has 0 radical (unpaired) electrons. The van der Waals surface area contributed by atoms with E-state index < -0.39 is 27.3 Å². The number of carbonyl (C=O) groups is 2. The Labute approximate surface area is 175 Å². The third kappa shape index (κ3) is 7.12. The van der Waals surface area contributed by atoms with Crippen LogP contribution < -0.4 is 11.1 Å². The van der Waals surface area contributed by atoms with Crippen LogP contribution in [0.25, 0.3) is 0 Å². The van der Waals surface area contributed by atoms with Gasteiger partial charge in [-0.2, -0.15) is 4.31 Å². The number of esters is 1. The second-order valence-electron chi connectivity index (χ2n) is 5.72. The first-order valence-electron chi connectivity index (χ1n) is 8.69. The lowest BCUT2D eigenvalue weighted by atomic mass is 10.1. The van der Waals surface area contributed by atoms with Crippen molar-refractivity contribution in [3.63, 3.8) is 0 Å². The number of para-hydroxylation sites is 1. The molecule has 0 aliphatic rings. The Hall–Kier alpha value is -1.55. The molecule has 0 saturated carbocycles. The lowest BCUT2D eigenvalue weighted by molar-refractivity contribution is -0.143. The number of nitrogen functional groups attached to an aromatic ring is 1. The van der Waals surface area contributed by atoms with Crippen molar-refractivity contribution in [2.24, 2.45) is 0 Å². The minimum Gasteiger partial charge on any atom is -0.466 e. The van der Waals surface area contributed by atoms with Gasteiger partial charge in [0.25, 0.3) is 5.91 Å². The molecule has 0 fully saturated rings. The summed E-state index contributed by atoms with van der Waals surface area (Å²) in [5, 5.41) is 1.10. The van der Waals surface area contributed by atoms with E-state index in [1.54, 1.807) is 19.1 Å². The number of alkyl halides is 2. The Morgan fingerprint density at radius 3 is 2.36 bits per heavy atom. The van der Waals surface area contributed by atoms with Crippen LogP contribution in [0.3, 0.4) is 0 Å². The maximum absolute atomic E-state index is 13.0. The van der Waals surface area contributed by atoms with Gasteiger partial charge in [0, 0.05) is 37.0 Å². The van der Waals surface area contributed by atoms with Crippen LogP contribution in [0, 0.1) is 0 Å². The average molecular weight is 454 g/mol. The number of nitrogens with zero attached hydrogens (tertiary/aromatic N) is 1. The van der Waals surface area contributed by atoms with Crippen LogP contribution in [0.2, 0.25) is 0 Å². The Kier molecular flexibility index (Phi) is 10.6. The molecule has 0 aromatic heterocycles. The zero-order valence-corrected chi connectivity index (χ0v) is 17.9. The highest BCUT2D eigenvalue weighted by atomic mass is 35.5. The number of rotatable bonds is 12. The molecular weight excluding hydrogens is 429 g/mol. The number of anilines is 1. The molecule has 0 heterocycles. The predicted molar refractivity (Wildman–Crippen MR) is 110 cm³/mol. The van der Waals surface area contributed by atoms with Crippen LogP contribution >= 0.6 is 23.2 Å². The fourth-order valence-electron chi connectivity index (χ4n) is 2.44. The van der Waals surface area contributed by atoms with Gasteiger partial charge in [-0.1, -0.05) is 12.1 Å². The van der Waals surface area contributed by atoms with Crippen molar-refractivity contribution in [3.8, 4) is 0 Å². The second kappa shape index (κ2) is 12.1. The van der Waals surface area contributed by atoms with E-state index in [4.69, 9.17) is 33.7 Å². The summed E-state index contributed by atoms with van der Waals surface area (Å²) in [6, 6.07) is 6.28. The Morgan fingerprint density at radius 1 is 1.21 bits per heavy atom. The minimum atomic E-state index is -4.03. The van der Waals surface area contributed by atoms with Crippen LogP contribution in [0.15, 0.2) is 24.3 Å². The zero-order valence-electron chi connectivity index (χ0n) is 15.6. The van der Waals surface area contributed by atoms with Crippen molar-refractivity contribution in [1.82, 2.24) is 9.62 Å². The van der Waals surface area contributed by atoms with Crippen LogP contribution in [0.5, 0.6) is 0 Å². The van der Waals surface area contributed by atoms with Crippen LogP contribution in [0.1, 0.15) is 30.1 Å². The number of hydrogen-bond acceptors (Lipinski definition) is 6. The molecule has 1 amide bonds. The van der Waals surface area contributed by atoms with E-state index in [9.17, 15) is 18.0 Å². The molecule has 28 heavy (non-hydrogen) atoms. The summed E-state index contributed by atoms with van der Waals surface area (Å²) < 4.78 is 32.0. The lowest BCUT2D eigenvalue weighted by Gasteiger charge is -2.27. The highest BCUT2D eigenvalue weighted by Crippen LogP contribution is 2.16. The molecule has 1 unspecified atom stereocenters. The van der Waals surface area contributed by atoms with Gasteiger partial charge in [0.05, 0.1) is 12.2 Å². The van der Waals surface area contributed by atoms with E-state index in [-0.39, 0.29) is 55.5 Å². The predicted octanol–water partition coefficient (Wildman–Crippen LogP) is 1.78. The van der Waals surface area contributed by atoms with Gasteiger partial charge >= 0.3 is 5.97 Å². The minimum absolute atomic E-state index is 0.0237. The van der Waals surface area contributed by atoms with E-state index in [2.05, 4.69) is 5.32 Å². The number of carbonyl (C=O) groups excluding carboxylic acids is 2. The summed E-state index contributed by atoms with van der Waals surface area (Å²) in [4.78, 5) is 24.3. The molecule has 1 rings (SSSR count). The molecule has 0 aliphatic carbocycles. The topological polar surface area (TPSA) is 119 Å². The molecule has 0 aliphatic heterocycles. The van der Waals surface area contributed by atoms with Gasteiger partial charge in [-0.15, -0.1) is 23.2 Å². The average Bonchev–Trinajstić information content (AvgIpc) is 2.65. The second-order valence-corrected chi connectivity index (χ2v) is 8.59. The van der Waals surface area contributed by atoms with Gasteiger partial charge in [-0.05, 0) is 25.5 Å². The van der Waals surface area contributed by atoms with Crippen molar-refractivity contribution in [2.75, 3.05) is 37.2 Å². The van der Waals surface area contributed by atoms with Crippen molar-refractivity contribution in [2.45, 2.75) is 25.1 Å². The maximum atomic E-state index is 13.0. The fraction of sp³-hybridized carbons (Fsp3) is 0.529. The quantitative estimate of drug-likeness (QED) is 0.282. The summed E-state index contributed by atoms with van der Waals surface area (Å²) >= 11 is 11.4. The molecule has 1 aromatic carbocycles. The standard InChI is InChI=1S/C17H25Cl2N3O5S/c1-2-27-16(23)8-7-15(28(25,26)22(11-9-18)12-10-19)21-17(24)13-5-3-4-6-14(13)20/h3-6,15H,2,7-12,20H2,1H3,(H,21,24). The first-order valence-corrected chi connectivity index (χ1v) is 11.3. The summed E-state index contributed by atoms with van der Waals surface area (Å²) in [6.45, 7) is 1.87. The highest BCUT2D eigenvalue weighted by Gasteiger charge is 2.33. The summed E-state index contributed by atoms with van der Waals surface area (Å²) in [7, 11) is -4.03. The lowest BCUT2D eigenvalue weighted by Crippen LogP contribution is -2.49. The number of halogens is 2. The number of benzene rings is 1. The summed E-state index contributed by atoms with van der Waals surface area (Å²) in [5.74, 6) is -1.11. The SMILES string of the molecule is CCOC(=O)CCC(NC(=O)c1ccccc1N)S(=O)(=O)N(CCCl)CCCl. The molecular formula is C17H25Cl2N3O5S. The summed E-state index contributed by atoms with van der Waals surface area (Å²) in [5.41, 5.74) is 6.14. The number of ether oxygens (including phenoxy) is 1. The number of sulfonamides is 1. The maximum Gasteiger partial charge on any atom is 0.305 e. The number of hydrogen-bond donors (Lipinski definition) is 2. The molecule has 158 valence electrons. The van der Waals surface area contributed by atoms with E-state index >= 15 is 0 Å². The third-order valence-electron chi connectivity index (χ3n) is 3.80. The first kappa shape index (κ1) is 24.5. The number of nitrogens with one attached hydrogen (secondary N) is 1. The van der Waals surface area contributed by atoms with Gasteiger partial charge in [-0.25, -0.2) is 8.42 Å². The van der Waals surface area contributed by atoms with Crippen molar-refractivity contribution < 1.29 is 22.7 Å². The molecule has 1 atom stereocenters. The molecule has 8 nitrogen and oxygen atoms in total. The van der Waals surface area contributed by atoms with Crippen LogP contribution in [-0.2, 0) is 19.6 Å². The zero-order chi connectivity index (χ0) is 21.2. The number of nitrogens with two attached hydrogens (primary N) is 1. The molecule has 11 heteroatoms. The van der Waals surface area contributed by atoms with Crippen LogP contribution in [-0.4, -0.2) is 61.4 Å². The molecule has 3 N–H and O–H groups in total. The Bertz CT molecular complexity index is 755. The van der Waals surface area contributed by atoms with Gasteiger partial charge in [0.15, 0.2) is 0 Å². The fourth-order valence-corrected chi connectivity index (χ4v) is 4.77. The van der Waals surface area contributed by atoms with Crippen LogP contribution in [0.4, 0.5) is 5.69 Å². The van der Waals surface area contributed by atoms with Gasteiger partial charge in [-0.3, -0.25) is 9.59 Å². The molecule has 0 bridgehead atoms. The van der Waals surface area contributed by atoms with E-state index in [0.29, 0.717) is 0 Å². The molecule has 0 spiro atoms. The third-order valence-corrected chi connectivity index (χ3v) is 6.30. The molecule has 1 aromatic rings. The van der Waals surface area contributed by atoms with Crippen molar-refractivity contribution in [3.05, 3.63) is 29.8 Å². The monoisotopic (exact) mass is 453 g/mol. The van der Waals surface area contributed by atoms with Crippen molar-refractivity contribution >= 4 is 50.8 Å². The number of amides is 1. The normalized spacial score (nSPS) is 12.6. The Morgan fingerprint density at radius 2 is 1.82 bits per heavy atom. The highest BCUT2D eigenvalue weighted by molar-refractivity contribution is 7.89. The van der Waals surface area contributed by atoms with E-state index in [1.165, 1.54) is 12.1 Å². The molecule has 0 saturated heterocycles. The van der Waals surface area contributed by atoms with E-state index in [1.807, 2.05) is 0 Å².